The molecule has 0 aromatic carbocycles. The van der Waals surface area contributed by atoms with Crippen LogP contribution in [0.3, 0.4) is 0 Å². The van der Waals surface area contributed by atoms with Crippen molar-refractivity contribution >= 4 is 7.82 Å². The molecule has 29 heavy (non-hydrogen) atoms. The molecule has 3 N–H and O–H groups in total. The number of rotatable bonds is 4. The number of hydrogen-bond acceptors (Lipinski definition) is 3. The molecule has 4 saturated carbocycles. The van der Waals surface area contributed by atoms with E-state index < -0.39 is 19.6 Å². The first kappa shape index (κ1) is 22.2. The molecule has 4 aliphatic carbocycles. The fourth-order valence-electron chi connectivity index (χ4n) is 8.53. The number of hydrogen-bond donors (Lipinski definition) is 3. The summed E-state index contributed by atoms with van der Waals surface area (Å²) in [7, 11) is -4.53. The van der Waals surface area contributed by atoms with Gasteiger partial charge in [-0.05, 0) is 85.4 Å². The summed E-state index contributed by atoms with van der Waals surface area (Å²) in [6.45, 7) is 6.62. The van der Waals surface area contributed by atoms with Gasteiger partial charge >= 0.3 is 7.82 Å². The van der Waals surface area contributed by atoms with Gasteiger partial charge in [0.05, 0.1) is 12.2 Å². The van der Waals surface area contributed by atoms with Gasteiger partial charge in [0.2, 0.25) is 0 Å². The standard InChI is InChI=1S/C22H38FO5P/c1-14-4-5-18-19(23)12-15-16(20(18,2)13-14)6-8-21(3)17(15)7-9-22(21,24)10-11-28-29(25,26)27/h14-19,24H,4-13H2,1-3H3,(H2,25,26,27)/t14?,15-,16+,17+,18?,19?,20-,21+,22+/m1/s1. The second kappa shape index (κ2) is 7.27. The molecule has 0 aliphatic heterocycles. The molecule has 4 rings (SSSR count). The fourth-order valence-corrected chi connectivity index (χ4v) is 8.86. The van der Waals surface area contributed by atoms with Crippen molar-refractivity contribution in [3.63, 3.8) is 0 Å². The first-order valence-electron chi connectivity index (χ1n) is 11.5. The van der Waals surface area contributed by atoms with Gasteiger partial charge in [-0.2, -0.15) is 0 Å². The highest BCUT2D eigenvalue weighted by molar-refractivity contribution is 7.46. The summed E-state index contributed by atoms with van der Waals surface area (Å²) in [5.74, 6) is 1.93. The Morgan fingerprint density at radius 1 is 1.07 bits per heavy atom. The van der Waals surface area contributed by atoms with E-state index in [1.54, 1.807) is 0 Å². The Morgan fingerprint density at radius 3 is 2.45 bits per heavy atom. The van der Waals surface area contributed by atoms with Crippen molar-refractivity contribution in [2.75, 3.05) is 6.61 Å². The van der Waals surface area contributed by atoms with E-state index in [1.807, 2.05) is 0 Å². The lowest BCUT2D eigenvalue weighted by molar-refractivity contribution is -0.174. The van der Waals surface area contributed by atoms with E-state index in [0.29, 0.717) is 30.6 Å². The zero-order chi connectivity index (χ0) is 21.2. The summed E-state index contributed by atoms with van der Waals surface area (Å²) in [5, 5.41) is 11.5. The molecule has 4 fully saturated rings. The van der Waals surface area contributed by atoms with Crippen molar-refractivity contribution in [2.24, 2.45) is 40.4 Å². The maximum absolute atomic E-state index is 15.4. The van der Waals surface area contributed by atoms with Gasteiger partial charge in [-0.25, -0.2) is 8.96 Å². The predicted molar refractivity (Wildman–Crippen MR) is 109 cm³/mol. The molecule has 5 nitrogen and oxygen atoms in total. The third kappa shape index (κ3) is 3.55. The Morgan fingerprint density at radius 2 is 1.76 bits per heavy atom. The van der Waals surface area contributed by atoms with Crippen molar-refractivity contribution in [1.29, 1.82) is 0 Å². The number of alkyl halides is 1. The van der Waals surface area contributed by atoms with Gasteiger partial charge in [0.15, 0.2) is 0 Å². The lowest BCUT2D eigenvalue weighted by atomic mass is 9.43. The number of phosphoric ester groups is 1. The van der Waals surface area contributed by atoms with Crippen LogP contribution in [0.2, 0.25) is 0 Å². The number of aliphatic hydroxyl groups is 1. The molecule has 0 spiro atoms. The van der Waals surface area contributed by atoms with Crippen molar-refractivity contribution in [3.8, 4) is 0 Å². The Hall–Kier alpha value is -0.0000000000000000416. The van der Waals surface area contributed by atoms with Crippen LogP contribution in [0.25, 0.3) is 0 Å². The van der Waals surface area contributed by atoms with Gasteiger partial charge in [-0.3, -0.25) is 4.52 Å². The summed E-state index contributed by atoms with van der Waals surface area (Å²) in [5.41, 5.74) is -1.28. The van der Waals surface area contributed by atoms with Gasteiger partial charge in [0.25, 0.3) is 0 Å². The molecule has 0 aromatic heterocycles. The summed E-state index contributed by atoms with van der Waals surface area (Å²) < 4.78 is 31.1. The van der Waals surface area contributed by atoms with E-state index in [9.17, 15) is 9.67 Å². The normalized spacial score (nSPS) is 52.5. The first-order chi connectivity index (χ1) is 13.4. The minimum Gasteiger partial charge on any atom is -0.389 e. The fraction of sp³-hybridized carbons (Fsp3) is 1.00. The van der Waals surface area contributed by atoms with Gasteiger partial charge in [-0.15, -0.1) is 0 Å². The summed E-state index contributed by atoms with van der Waals surface area (Å²) >= 11 is 0. The topological polar surface area (TPSA) is 87.0 Å². The number of fused-ring (bicyclic) bond motifs is 5. The van der Waals surface area contributed by atoms with Gasteiger partial charge in [0.1, 0.15) is 6.17 Å². The molecule has 0 bridgehead atoms. The zero-order valence-corrected chi connectivity index (χ0v) is 18.9. The van der Waals surface area contributed by atoms with Crippen LogP contribution >= 0.6 is 7.82 Å². The zero-order valence-electron chi connectivity index (χ0n) is 18.0. The SMILES string of the molecule is CC1CCC2C(F)C[C@@H]3[C@H](CC[C@@]4(C)[C@H]3CC[C@]4(O)CCOP(=O)(O)O)[C@@]2(C)C1. The number of halogens is 1. The van der Waals surface area contributed by atoms with E-state index in [-0.39, 0.29) is 35.7 Å². The quantitative estimate of drug-likeness (QED) is 0.553. The van der Waals surface area contributed by atoms with Crippen LogP contribution in [0.15, 0.2) is 0 Å². The third-order valence-corrected chi connectivity index (χ3v) is 10.4. The first-order valence-corrected chi connectivity index (χ1v) is 13.0. The highest BCUT2D eigenvalue weighted by Crippen LogP contribution is 2.69. The average molecular weight is 433 g/mol. The lowest BCUT2D eigenvalue weighted by Crippen LogP contribution is -2.59. The Bertz CT molecular complexity index is 684. The molecule has 0 heterocycles. The van der Waals surface area contributed by atoms with Gasteiger partial charge < -0.3 is 14.9 Å². The molecule has 0 aromatic rings. The molecular formula is C22H38FO5P. The van der Waals surface area contributed by atoms with Crippen LogP contribution in [-0.4, -0.2) is 33.3 Å². The lowest BCUT2D eigenvalue weighted by Gasteiger charge is -2.62. The summed E-state index contributed by atoms with van der Waals surface area (Å²) in [6.07, 6.45) is 6.75. The molecular weight excluding hydrogens is 394 g/mol. The van der Waals surface area contributed by atoms with Crippen molar-refractivity contribution in [1.82, 2.24) is 0 Å². The van der Waals surface area contributed by atoms with E-state index in [4.69, 9.17) is 9.79 Å². The smallest absolute Gasteiger partial charge is 0.389 e. The van der Waals surface area contributed by atoms with Crippen molar-refractivity contribution in [2.45, 2.75) is 90.3 Å². The predicted octanol–water partition coefficient (Wildman–Crippen LogP) is 4.84. The molecule has 0 saturated heterocycles. The minimum atomic E-state index is -4.53. The summed E-state index contributed by atoms with van der Waals surface area (Å²) in [6, 6.07) is 0. The molecule has 4 aliphatic rings. The molecule has 3 unspecified atom stereocenters. The van der Waals surface area contributed by atoms with Crippen LogP contribution in [0.5, 0.6) is 0 Å². The van der Waals surface area contributed by atoms with Crippen molar-refractivity contribution in [3.05, 3.63) is 0 Å². The Balaban J connectivity index is 1.56. The van der Waals surface area contributed by atoms with E-state index in [1.165, 1.54) is 0 Å². The van der Waals surface area contributed by atoms with Gasteiger partial charge in [-0.1, -0.05) is 27.2 Å². The molecule has 0 radical (unpaired) electrons. The second-order valence-corrected chi connectivity index (χ2v) is 12.5. The number of phosphoric acid groups is 1. The monoisotopic (exact) mass is 432 g/mol. The molecule has 7 heteroatoms. The third-order valence-electron chi connectivity index (χ3n) is 9.92. The summed E-state index contributed by atoms with van der Waals surface area (Å²) in [4.78, 5) is 18.0. The minimum absolute atomic E-state index is 0.0611. The van der Waals surface area contributed by atoms with E-state index >= 15 is 4.39 Å². The average Bonchev–Trinajstić information content (AvgIpc) is 2.85. The van der Waals surface area contributed by atoms with Crippen LogP contribution in [0, 0.1) is 40.4 Å². The van der Waals surface area contributed by atoms with Crippen LogP contribution in [0.4, 0.5) is 4.39 Å². The van der Waals surface area contributed by atoms with Crippen LogP contribution in [0.1, 0.15) is 78.6 Å². The Labute approximate surface area is 174 Å². The molecule has 168 valence electrons. The largest absolute Gasteiger partial charge is 0.469 e. The van der Waals surface area contributed by atoms with Gasteiger partial charge in [0, 0.05) is 6.42 Å². The Kier molecular flexibility index (Phi) is 5.56. The van der Waals surface area contributed by atoms with Crippen LogP contribution < -0.4 is 0 Å². The van der Waals surface area contributed by atoms with E-state index in [0.717, 1.165) is 38.5 Å². The molecule has 9 atom stereocenters. The second-order valence-electron chi connectivity index (χ2n) is 11.2. The van der Waals surface area contributed by atoms with E-state index in [2.05, 4.69) is 25.3 Å². The van der Waals surface area contributed by atoms with Crippen molar-refractivity contribution < 1.29 is 28.4 Å². The maximum Gasteiger partial charge on any atom is 0.469 e. The maximum atomic E-state index is 15.4. The van der Waals surface area contributed by atoms with Crippen LogP contribution in [-0.2, 0) is 9.09 Å². The molecule has 0 amide bonds. The highest BCUT2D eigenvalue weighted by Gasteiger charge is 2.65. The highest BCUT2D eigenvalue weighted by atomic mass is 31.2.